The molecule has 6 heteroatoms. The first-order valence-electron chi connectivity index (χ1n) is 5.97. The summed E-state index contributed by atoms with van der Waals surface area (Å²) < 4.78 is 5.44. The van der Waals surface area contributed by atoms with Crippen LogP contribution in [0, 0.1) is 21.4 Å². The lowest BCUT2D eigenvalue weighted by Gasteiger charge is -2.20. The summed E-state index contributed by atoms with van der Waals surface area (Å²) in [6, 6.07) is 6.26. The van der Waals surface area contributed by atoms with Crippen LogP contribution in [-0.2, 0) is 4.74 Å². The van der Waals surface area contributed by atoms with Crippen molar-refractivity contribution >= 4 is 11.4 Å². The van der Waals surface area contributed by atoms with Crippen molar-refractivity contribution < 1.29 is 9.66 Å². The Bertz CT molecular complexity index is 494. The zero-order chi connectivity index (χ0) is 14.4. The van der Waals surface area contributed by atoms with Crippen molar-refractivity contribution in [2.45, 2.75) is 20.0 Å². The number of non-ortho nitro benzene ring substituents is 1. The monoisotopic (exact) mass is 263 g/mol. The highest BCUT2D eigenvalue weighted by Crippen LogP contribution is 2.23. The summed E-state index contributed by atoms with van der Waals surface area (Å²) >= 11 is 0. The van der Waals surface area contributed by atoms with E-state index in [1.807, 2.05) is 31.9 Å². The maximum Gasteiger partial charge on any atom is 0.270 e. The number of hydrogen-bond donors (Lipinski definition) is 0. The van der Waals surface area contributed by atoms with Crippen LogP contribution in [0.3, 0.4) is 0 Å². The van der Waals surface area contributed by atoms with E-state index in [1.165, 1.54) is 12.1 Å². The topological polar surface area (TPSA) is 79.4 Å². The van der Waals surface area contributed by atoms with Crippen LogP contribution in [0.1, 0.15) is 19.4 Å². The Hall–Kier alpha value is -2.13. The average molecular weight is 263 g/mol. The van der Waals surface area contributed by atoms with E-state index in [0.717, 1.165) is 0 Å². The smallest absolute Gasteiger partial charge is 0.270 e. The third-order valence-electron chi connectivity index (χ3n) is 2.60. The van der Waals surface area contributed by atoms with Gasteiger partial charge in [-0.3, -0.25) is 10.1 Å². The summed E-state index contributed by atoms with van der Waals surface area (Å²) in [7, 11) is 1.83. The van der Waals surface area contributed by atoms with Gasteiger partial charge >= 0.3 is 0 Å². The Morgan fingerprint density at radius 2 is 2.21 bits per heavy atom. The first kappa shape index (κ1) is 14.9. The van der Waals surface area contributed by atoms with E-state index < -0.39 is 4.92 Å². The maximum absolute atomic E-state index is 10.7. The molecule has 0 unspecified atom stereocenters. The van der Waals surface area contributed by atoms with Crippen molar-refractivity contribution in [1.82, 2.24) is 0 Å². The Morgan fingerprint density at radius 1 is 1.53 bits per heavy atom. The minimum atomic E-state index is -0.507. The van der Waals surface area contributed by atoms with Crippen LogP contribution in [0.15, 0.2) is 18.2 Å². The number of benzene rings is 1. The van der Waals surface area contributed by atoms with Gasteiger partial charge in [0.05, 0.1) is 28.9 Å². The Kier molecular flexibility index (Phi) is 5.27. The molecule has 0 bridgehead atoms. The van der Waals surface area contributed by atoms with Gasteiger partial charge in [-0.15, -0.1) is 0 Å². The second-order valence-corrected chi connectivity index (χ2v) is 4.41. The minimum Gasteiger partial charge on any atom is -0.377 e. The van der Waals surface area contributed by atoms with Crippen LogP contribution < -0.4 is 4.90 Å². The highest BCUT2D eigenvalue weighted by atomic mass is 16.6. The largest absolute Gasteiger partial charge is 0.377 e. The van der Waals surface area contributed by atoms with E-state index in [9.17, 15) is 10.1 Å². The number of nitro benzene ring substituents is 1. The summed E-state index contributed by atoms with van der Waals surface area (Å²) in [5.41, 5.74) is 0.883. The normalized spacial score (nSPS) is 10.3. The third-order valence-corrected chi connectivity index (χ3v) is 2.60. The fraction of sp³-hybridized carbons (Fsp3) is 0.462. The summed E-state index contributed by atoms with van der Waals surface area (Å²) in [6.07, 6.45) is 0.153. The predicted molar refractivity (Wildman–Crippen MR) is 72.2 cm³/mol. The van der Waals surface area contributed by atoms with Gasteiger partial charge in [-0.25, -0.2) is 0 Å². The zero-order valence-electron chi connectivity index (χ0n) is 11.3. The van der Waals surface area contributed by atoms with Crippen molar-refractivity contribution in [1.29, 1.82) is 5.26 Å². The molecular formula is C13H17N3O3. The minimum absolute atomic E-state index is 0.0767. The number of hydrogen-bond acceptors (Lipinski definition) is 5. The summed E-state index contributed by atoms with van der Waals surface area (Å²) in [6.45, 7) is 5.06. The van der Waals surface area contributed by atoms with E-state index >= 15 is 0 Å². The van der Waals surface area contributed by atoms with Gasteiger partial charge < -0.3 is 9.64 Å². The van der Waals surface area contributed by atoms with Crippen molar-refractivity contribution in [3.63, 3.8) is 0 Å². The van der Waals surface area contributed by atoms with Gasteiger partial charge in [-0.1, -0.05) is 0 Å². The van der Waals surface area contributed by atoms with Crippen molar-refractivity contribution in [2.75, 3.05) is 25.1 Å². The lowest BCUT2D eigenvalue weighted by Crippen LogP contribution is -2.24. The van der Waals surface area contributed by atoms with Crippen LogP contribution in [0.5, 0.6) is 0 Å². The first-order chi connectivity index (χ1) is 8.95. The van der Waals surface area contributed by atoms with Gasteiger partial charge in [-0.2, -0.15) is 5.26 Å². The highest BCUT2D eigenvalue weighted by molar-refractivity contribution is 5.62. The molecular weight excluding hydrogens is 246 g/mol. The lowest BCUT2D eigenvalue weighted by atomic mass is 10.1. The van der Waals surface area contributed by atoms with Gasteiger partial charge in [0, 0.05) is 25.7 Å². The molecule has 0 aliphatic heterocycles. The predicted octanol–water partition coefficient (Wildman–Crippen LogP) is 2.33. The Labute approximate surface area is 112 Å². The molecule has 6 nitrogen and oxygen atoms in total. The zero-order valence-corrected chi connectivity index (χ0v) is 11.3. The second kappa shape index (κ2) is 6.71. The number of nitriles is 1. The van der Waals surface area contributed by atoms with Crippen molar-refractivity contribution in [3.8, 4) is 6.07 Å². The van der Waals surface area contributed by atoms with Crippen LogP contribution >= 0.6 is 0 Å². The maximum atomic E-state index is 10.7. The van der Waals surface area contributed by atoms with Crippen LogP contribution in [0.4, 0.5) is 11.4 Å². The molecule has 0 amide bonds. The molecule has 0 saturated carbocycles. The van der Waals surface area contributed by atoms with E-state index in [0.29, 0.717) is 24.4 Å². The molecule has 1 aromatic rings. The average Bonchev–Trinajstić information content (AvgIpc) is 2.37. The van der Waals surface area contributed by atoms with E-state index in [4.69, 9.17) is 10.00 Å². The molecule has 102 valence electrons. The number of nitro groups is 1. The fourth-order valence-corrected chi connectivity index (χ4v) is 1.61. The number of anilines is 1. The second-order valence-electron chi connectivity index (χ2n) is 4.41. The summed E-state index contributed by atoms with van der Waals surface area (Å²) in [4.78, 5) is 12.0. The van der Waals surface area contributed by atoms with Crippen LogP contribution in [0.25, 0.3) is 0 Å². The molecule has 0 heterocycles. The molecule has 0 aromatic heterocycles. The molecule has 19 heavy (non-hydrogen) atoms. The lowest BCUT2D eigenvalue weighted by molar-refractivity contribution is -0.384. The van der Waals surface area contributed by atoms with Gasteiger partial charge in [0.1, 0.15) is 6.07 Å². The summed E-state index contributed by atoms with van der Waals surface area (Å²) in [5, 5.41) is 19.7. The SMILES string of the molecule is CC(C)OCCN(C)c1ccc([N+](=O)[O-])cc1C#N. The van der Waals surface area contributed by atoms with Crippen LogP contribution in [-0.4, -0.2) is 31.2 Å². The third kappa shape index (κ3) is 4.23. The molecule has 0 aliphatic carbocycles. The van der Waals surface area contributed by atoms with E-state index in [2.05, 4.69) is 0 Å². The number of nitrogens with zero attached hydrogens (tertiary/aromatic N) is 3. The van der Waals surface area contributed by atoms with Crippen molar-refractivity contribution in [2.24, 2.45) is 0 Å². The molecule has 0 N–H and O–H groups in total. The van der Waals surface area contributed by atoms with Gasteiger partial charge in [0.15, 0.2) is 0 Å². The molecule has 0 atom stereocenters. The van der Waals surface area contributed by atoms with Gasteiger partial charge in [0.2, 0.25) is 0 Å². The Balaban J connectivity index is 2.82. The van der Waals surface area contributed by atoms with E-state index in [1.54, 1.807) is 6.07 Å². The van der Waals surface area contributed by atoms with Crippen LogP contribution in [0.2, 0.25) is 0 Å². The van der Waals surface area contributed by atoms with Gasteiger partial charge in [0.25, 0.3) is 5.69 Å². The molecule has 1 rings (SSSR count). The molecule has 0 spiro atoms. The number of likely N-dealkylation sites (N-methyl/N-ethyl adjacent to an activating group) is 1. The standard InChI is InChI=1S/C13H17N3O3/c1-10(2)19-7-6-15(3)13-5-4-12(16(17)18)8-11(13)9-14/h4-5,8,10H,6-7H2,1-3H3. The molecule has 0 fully saturated rings. The number of rotatable bonds is 6. The first-order valence-corrected chi connectivity index (χ1v) is 5.97. The highest BCUT2D eigenvalue weighted by Gasteiger charge is 2.13. The molecule has 0 saturated heterocycles. The molecule has 0 radical (unpaired) electrons. The fourth-order valence-electron chi connectivity index (χ4n) is 1.61. The van der Waals surface area contributed by atoms with Gasteiger partial charge in [-0.05, 0) is 19.9 Å². The number of ether oxygens (including phenoxy) is 1. The molecule has 0 aliphatic rings. The Morgan fingerprint density at radius 3 is 2.74 bits per heavy atom. The quantitative estimate of drug-likeness (QED) is 0.581. The van der Waals surface area contributed by atoms with Crippen molar-refractivity contribution in [3.05, 3.63) is 33.9 Å². The summed E-state index contributed by atoms with van der Waals surface area (Å²) in [5.74, 6) is 0. The molecule has 1 aromatic carbocycles. The van der Waals surface area contributed by atoms with E-state index in [-0.39, 0.29) is 11.8 Å².